The van der Waals surface area contributed by atoms with Gasteiger partial charge >= 0.3 is 6.09 Å². The van der Waals surface area contributed by atoms with Gasteiger partial charge in [-0.15, -0.1) is 11.3 Å². The molecule has 4 N–H and O–H groups in total. The van der Waals surface area contributed by atoms with Crippen LogP contribution in [0.25, 0.3) is 21.1 Å². The van der Waals surface area contributed by atoms with Crippen LogP contribution in [0.5, 0.6) is 11.5 Å². The van der Waals surface area contributed by atoms with E-state index in [9.17, 15) is 32.7 Å². The van der Waals surface area contributed by atoms with Crippen molar-refractivity contribution in [1.82, 2.24) is 30.4 Å². The predicted molar refractivity (Wildman–Crippen MR) is 306 cm³/mol. The topological polar surface area (TPSA) is 237 Å². The van der Waals surface area contributed by atoms with Crippen LogP contribution in [0, 0.1) is 5.41 Å². The van der Waals surface area contributed by atoms with Gasteiger partial charge in [-0.05, 0) is 117 Å². The number of carbonyl (C=O) groups is 4. The number of likely N-dealkylation sites (N-methyl/N-ethyl adjacent to an activating group) is 1. The van der Waals surface area contributed by atoms with Crippen LogP contribution in [0.1, 0.15) is 89.6 Å². The van der Waals surface area contributed by atoms with E-state index in [4.69, 9.17) is 23.7 Å². The lowest BCUT2D eigenvalue weighted by Crippen LogP contribution is -2.62. The molecule has 8 rings (SSSR count). The molecule has 0 saturated heterocycles. The van der Waals surface area contributed by atoms with E-state index in [0.29, 0.717) is 42.2 Å². The van der Waals surface area contributed by atoms with Gasteiger partial charge in [-0.2, -0.15) is 0 Å². The number of carbonyl (C=O) groups excluding carboxylic acids is 3. The molecular formula is C59H73N7O12S2. The van der Waals surface area contributed by atoms with E-state index >= 15 is 0 Å². The minimum atomic E-state index is -3.84. The third-order valence-corrected chi connectivity index (χ3v) is 17.8. The quantitative estimate of drug-likeness (QED) is 0.0439. The van der Waals surface area contributed by atoms with Gasteiger partial charge in [-0.1, -0.05) is 51.1 Å². The van der Waals surface area contributed by atoms with Gasteiger partial charge in [0.2, 0.25) is 17.7 Å². The highest BCUT2D eigenvalue weighted by atomic mass is 32.2. The summed E-state index contributed by atoms with van der Waals surface area (Å²) < 4.78 is 57.2. The number of hydrogen-bond donors (Lipinski definition) is 4. The van der Waals surface area contributed by atoms with Crippen molar-refractivity contribution in [2.45, 2.75) is 115 Å². The van der Waals surface area contributed by atoms with Crippen molar-refractivity contribution in [3.63, 3.8) is 0 Å². The van der Waals surface area contributed by atoms with Crippen LogP contribution >= 0.6 is 11.3 Å². The Morgan fingerprint density at radius 2 is 1.51 bits per heavy atom. The molecule has 2 aromatic heterocycles. The van der Waals surface area contributed by atoms with Gasteiger partial charge in [0.1, 0.15) is 47.7 Å². The highest BCUT2D eigenvalue weighted by Gasteiger charge is 2.43. The Morgan fingerprint density at radius 3 is 2.21 bits per heavy atom. The van der Waals surface area contributed by atoms with E-state index in [0.717, 1.165) is 56.8 Å². The zero-order valence-corrected chi connectivity index (χ0v) is 48.3. The maximum Gasteiger partial charge on any atom is 0.407 e. The number of amides is 4. The second-order valence-corrected chi connectivity index (χ2v) is 25.7. The van der Waals surface area contributed by atoms with Gasteiger partial charge < -0.3 is 49.6 Å². The van der Waals surface area contributed by atoms with E-state index in [1.54, 1.807) is 62.0 Å². The van der Waals surface area contributed by atoms with Crippen molar-refractivity contribution in [1.29, 1.82) is 0 Å². The molecule has 4 aromatic carbocycles. The monoisotopic (exact) mass is 1140 g/mol. The number of fused-ring (bicyclic) bond motifs is 4. The molecule has 0 bridgehead atoms. The van der Waals surface area contributed by atoms with Crippen LogP contribution in [0.15, 0.2) is 95.5 Å². The molecule has 2 aliphatic rings. The number of sulfone groups is 1. The number of aryl methyl sites for hydroxylation is 1. The van der Waals surface area contributed by atoms with Crippen LogP contribution in [0.3, 0.4) is 0 Å². The first-order chi connectivity index (χ1) is 38.1. The normalized spacial score (nSPS) is 16.3. The zero-order chi connectivity index (χ0) is 57.4. The number of hydrogen-bond acceptors (Lipinski definition) is 15. The molecule has 80 heavy (non-hydrogen) atoms. The number of thiazole rings is 1. The van der Waals surface area contributed by atoms with Crippen LogP contribution in [-0.2, 0) is 57.8 Å². The van der Waals surface area contributed by atoms with Crippen LogP contribution in [0.2, 0.25) is 0 Å². The third-order valence-electron chi connectivity index (χ3n) is 14.5. The van der Waals surface area contributed by atoms with Gasteiger partial charge in [0.05, 0.1) is 71.7 Å². The number of aromatic nitrogens is 2. The average Bonchev–Trinajstić information content (AvgIpc) is 3.97. The smallest absolute Gasteiger partial charge is 0.407 e. The van der Waals surface area contributed by atoms with Crippen LogP contribution < -0.4 is 25.4 Å². The fraction of sp³-hybridized carbons (Fsp3) is 0.458. The number of pyridine rings is 1. The highest BCUT2D eigenvalue weighted by Crippen LogP contribution is 2.39. The first-order valence-corrected chi connectivity index (χ1v) is 29.3. The summed E-state index contributed by atoms with van der Waals surface area (Å²) in [5, 5.41) is 19.7. The van der Waals surface area contributed by atoms with Gasteiger partial charge in [-0.3, -0.25) is 24.3 Å². The molecule has 1 aliphatic heterocycles. The lowest BCUT2D eigenvalue weighted by Gasteiger charge is -2.42. The average molecular weight is 1140 g/mol. The van der Waals surface area contributed by atoms with Crippen molar-refractivity contribution >= 4 is 77.5 Å². The number of nitrogens with one attached hydrogen (secondary N) is 3. The van der Waals surface area contributed by atoms with Crippen molar-refractivity contribution < 1.29 is 56.4 Å². The molecule has 0 fully saturated rings. The van der Waals surface area contributed by atoms with E-state index in [1.807, 2.05) is 75.4 Å². The first-order valence-electron chi connectivity index (χ1n) is 26.9. The number of nitrogens with zero attached hydrogens (tertiary/aromatic N) is 4. The second-order valence-electron chi connectivity index (χ2n) is 22.1. The first kappa shape index (κ1) is 59.2. The summed E-state index contributed by atoms with van der Waals surface area (Å²) in [6, 6.07) is 21.4. The van der Waals surface area contributed by atoms with Crippen LogP contribution in [-0.4, -0.2) is 140 Å². The molecule has 4 amide bonds. The molecule has 428 valence electrons. The number of carboxylic acid groups (broad SMARTS) is 1. The predicted octanol–water partition coefficient (Wildman–Crippen LogP) is 8.64. The van der Waals surface area contributed by atoms with Crippen LogP contribution in [0.4, 0.5) is 16.2 Å². The Labute approximate surface area is 471 Å². The molecule has 1 aliphatic carbocycles. The van der Waals surface area contributed by atoms with E-state index in [-0.39, 0.29) is 68.6 Å². The summed E-state index contributed by atoms with van der Waals surface area (Å²) in [5.41, 5.74) is 7.84. The van der Waals surface area contributed by atoms with Crippen molar-refractivity contribution in [2.75, 3.05) is 65.2 Å². The molecule has 6 aromatic rings. The van der Waals surface area contributed by atoms with Crippen molar-refractivity contribution in [2.24, 2.45) is 5.41 Å². The van der Waals surface area contributed by atoms with E-state index in [2.05, 4.69) is 32.0 Å². The van der Waals surface area contributed by atoms with Gasteiger partial charge in [0.15, 0.2) is 9.84 Å². The summed E-state index contributed by atoms with van der Waals surface area (Å²) >= 11 is 1.56. The maximum absolute atomic E-state index is 14.8. The Bertz CT molecular complexity index is 3300. The molecule has 0 saturated carbocycles. The Hall–Kier alpha value is -6.91. The molecule has 4 atom stereocenters. The van der Waals surface area contributed by atoms with Crippen molar-refractivity contribution in [3.05, 3.63) is 113 Å². The number of rotatable bonds is 23. The summed E-state index contributed by atoms with van der Waals surface area (Å²) in [4.78, 5) is 65.8. The van der Waals surface area contributed by atoms with Crippen molar-refractivity contribution in [3.8, 4) is 11.5 Å². The molecule has 3 heterocycles. The summed E-state index contributed by atoms with van der Waals surface area (Å²) in [7, 11) is -2.55. The maximum atomic E-state index is 14.8. The minimum Gasteiger partial charge on any atom is -0.491 e. The highest BCUT2D eigenvalue weighted by molar-refractivity contribution is 7.92. The van der Waals surface area contributed by atoms with E-state index < -0.39 is 56.0 Å². The number of ether oxygens (including phenoxy) is 5. The van der Waals surface area contributed by atoms with Gasteiger partial charge in [-0.25, -0.2) is 18.2 Å². The molecular weight excluding hydrogens is 1060 g/mol. The summed E-state index contributed by atoms with van der Waals surface area (Å²) in [6.45, 7) is 13.9. The number of benzene rings is 4. The van der Waals surface area contributed by atoms with Gasteiger partial charge in [0.25, 0.3) is 0 Å². The Balaban J connectivity index is 0.806. The second kappa shape index (κ2) is 25.7. The molecule has 19 nitrogen and oxygen atoms in total. The van der Waals surface area contributed by atoms with Gasteiger partial charge in [0, 0.05) is 49.0 Å². The standard InChI is InChI=1S/C59H73N7O12S2/c1-37(65(8)57(70)71)54(67)64-53(58(2,3)4)56(69)66-35-40-30-42(18-16-39(40)31-49(66)55(68)63-45-15-11-13-38-12-9-10-14-43(38)45)77-28-26-75-24-22-74-23-25-76-27-29-78-50-34-47-44(33-52(50)80(72,73)59(5,6)7)46(20-21-60-47)62-41-17-19-51-48(32-41)61-36-79-51/h9-10,12,14,16-21,30,32-34,36-37,45,49,53H,11,13,15,22-29,31,35H2,1-8H3,(H,60,62)(H,63,68)(H,64,67)(H,70,71)/t37-,45+,49-,53+/m0/s1. The lowest BCUT2D eigenvalue weighted by atomic mass is 9.83. The fourth-order valence-corrected chi connectivity index (χ4v) is 11.7. The molecule has 0 spiro atoms. The summed E-state index contributed by atoms with van der Waals surface area (Å²) in [5.74, 6) is -0.642. The number of anilines is 2. The largest absolute Gasteiger partial charge is 0.491 e. The summed E-state index contributed by atoms with van der Waals surface area (Å²) in [6.07, 6.45) is 3.21. The minimum absolute atomic E-state index is 0.0634. The molecule has 21 heteroatoms. The Kier molecular flexibility index (Phi) is 19.0. The zero-order valence-electron chi connectivity index (χ0n) is 46.7. The van der Waals surface area contributed by atoms with E-state index in [1.165, 1.54) is 24.4 Å². The molecule has 0 unspecified atom stereocenters. The third kappa shape index (κ3) is 14.2. The Morgan fingerprint density at radius 1 is 0.812 bits per heavy atom. The molecule has 0 radical (unpaired) electrons. The SMILES string of the molecule is C[C@@H](C(=O)N[C@H](C(=O)N1Cc2cc(OCCOCCOCCOCCOc3cc4nccc(Nc5ccc6scnc6c5)c4cc3S(=O)(=O)C(C)(C)C)ccc2C[C@H]1C(=O)N[C@@H]1CCCc2ccccc21)C(C)(C)C)N(C)C(=O)O. The lowest BCUT2D eigenvalue weighted by molar-refractivity contribution is -0.147. The fourth-order valence-electron chi connectivity index (χ4n) is 9.68.